The number of benzene rings is 2. The number of likely N-dealkylation sites (N-methyl/N-ethyl adjacent to an activating group) is 1. The van der Waals surface area contributed by atoms with E-state index in [-0.39, 0.29) is 15.4 Å². The highest BCUT2D eigenvalue weighted by molar-refractivity contribution is 7.89. The molecule has 0 atom stereocenters. The number of carbonyl (C=O) groups is 1. The predicted octanol–water partition coefficient (Wildman–Crippen LogP) is 1.91. The van der Waals surface area contributed by atoms with E-state index in [1.54, 1.807) is 26.0 Å². The zero-order valence-corrected chi connectivity index (χ0v) is 20.7. The van der Waals surface area contributed by atoms with Gasteiger partial charge < -0.3 is 10.2 Å². The molecule has 9 nitrogen and oxygen atoms in total. The smallest absolute Gasteiger partial charge is 0.255 e. The number of piperazine rings is 1. The maximum absolute atomic E-state index is 13.0. The topological polar surface area (TPSA) is 107 Å². The first-order valence-corrected chi connectivity index (χ1v) is 13.7. The molecule has 0 aromatic heterocycles. The number of nitrogens with one attached hydrogen (secondary N) is 1. The predicted molar refractivity (Wildman–Crippen MR) is 127 cm³/mol. The lowest BCUT2D eigenvalue weighted by Gasteiger charge is -2.31. The highest BCUT2D eigenvalue weighted by Gasteiger charge is 2.28. The third kappa shape index (κ3) is 5.61. The van der Waals surface area contributed by atoms with Crippen LogP contribution in [-0.2, 0) is 20.0 Å². The number of amides is 1. The monoisotopic (exact) mass is 494 g/mol. The highest BCUT2D eigenvalue weighted by atomic mass is 32.2. The van der Waals surface area contributed by atoms with E-state index in [9.17, 15) is 21.6 Å². The number of rotatable bonds is 8. The number of carbonyl (C=O) groups excluding carboxylic acids is 1. The molecule has 2 aromatic carbocycles. The molecular formula is C22H30N4O5S2. The summed E-state index contributed by atoms with van der Waals surface area (Å²) in [4.78, 5) is 15.0. The van der Waals surface area contributed by atoms with Gasteiger partial charge in [0.05, 0.1) is 9.79 Å². The van der Waals surface area contributed by atoms with E-state index in [4.69, 9.17) is 0 Å². The molecule has 0 aliphatic carbocycles. The van der Waals surface area contributed by atoms with Crippen LogP contribution in [0.25, 0.3) is 0 Å². The maximum Gasteiger partial charge on any atom is 0.255 e. The molecule has 1 heterocycles. The van der Waals surface area contributed by atoms with E-state index in [2.05, 4.69) is 10.2 Å². The number of sulfonamides is 2. The van der Waals surface area contributed by atoms with Gasteiger partial charge in [0.2, 0.25) is 20.0 Å². The summed E-state index contributed by atoms with van der Waals surface area (Å²) in [5.74, 6) is -0.525. The molecule has 2 aromatic rings. The summed E-state index contributed by atoms with van der Waals surface area (Å²) in [6.45, 7) is 6.27. The van der Waals surface area contributed by atoms with Crippen LogP contribution in [0.15, 0.2) is 58.3 Å². The molecule has 1 fully saturated rings. The summed E-state index contributed by atoms with van der Waals surface area (Å²) in [6, 6.07) is 11.9. The lowest BCUT2D eigenvalue weighted by atomic mass is 10.2. The van der Waals surface area contributed by atoms with Gasteiger partial charge in [0.15, 0.2) is 0 Å². The Labute approximate surface area is 196 Å². The summed E-state index contributed by atoms with van der Waals surface area (Å²) in [7, 11) is -5.45. The van der Waals surface area contributed by atoms with Crippen LogP contribution in [0.4, 0.5) is 5.69 Å². The van der Waals surface area contributed by atoms with Gasteiger partial charge >= 0.3 is 0 Å². The van der Waals surface area contributed by atoms with Crippen LogP contribution >= 0.6 is 0 Å². The minimum absolute atomic E-state index is 0.0533. The van der Waals surface area contributed by atoms with E-state index in [1.165, 1.54) is 45.0 Å². The Kier molecular flexibility index (Phi) is 7.91. The van der Waals surface area contributed by atoms with Gasteiger partial charge in [-0.15, -0.1) is 0 Å². The molecule has 0 saturated carbocycles. The van der Waals surface area contributed by atoms with Crippen molar-refractivity contribution < 1.29 is 21.6 Å². The Bertz CT molecular complexity index is 1200. The molecule has 33 heavy (non-hydrogen) atoms. The first-order valence-electron chi connectivity index (χ1n) is 10.8. The fraction of sp³-hybridized carbons (Fsp3) is 0.409. The average molecular weight is 495 g/mol. The molecule has 0 radical (unpaired) electrons. The molecule has 11 heteroatoms. The van der Waals surface area contributed by atoms with Gasteiger partial charge in [-0.2, -0.15) is 8.61 Å². The molecule has 1 N–H and O–H groups in total. The molecule has 1 aliphatic rings. The minimum atomic E-state index is -3.71. The zero-order chi connectivity index (χ0) is 24.2. The van der Waals surface area contributed by atoms with Crippen molar-refractivity contribution >= 4 is 31.6 Å². The molecular weight excluding hydrogens is 464 g/mol. The first kappa shape index (κ1) is 25.3. The summed E-state index contributed by atoms with van der Waals surface area (Å²) >= 11 is 0. The van der Waals surface area contributed by atoms with Crippen LogP contribution in [0.3, 0.4) is 0 Å². The van der Waals surface area contributed by atoms with Gasteiger partial charge in [0.25, 0.3) is 5.91 Å². The van der Waals surface area contributed by atoms with Crippen molar-refractivity contribution in [2.45, 2.75) is 23.6 Å². The lowest BCUT2D eigenvalue weighted by molar-refractivity contribution is 0.102. The number of hydrogen-bond acceptors (Lipinski definition) is 6. The fourth-order valence-electron chi connectivity index (χ4n) is 3.63. The van der Waals surface area contributed by atoms with Gasteiger partial charge in [-0.25, -0.2) is 16.8 Å². The van der Waals surface area contributed by atoms with E-state index < -0.39 is 26.0 Å². The lowest BCUT2D eigenvalue weighted by Crippen LogP contribution is -2.47. The van der Waals surface area contributed by atoms with Crippen LogP contribution in [0.1, 0.15) is 24.2 Å². The second-order valence-corrected chi connectivity index (χ2v) is 11.7. The standard InChI is InChI=1S/C22H30N4O5S2/c1-4-25(5-2)32(28,29)21-11-7-9-19(17-21)23-22(27)18-8-6-10-20(16-18)33(30,31)26-14-12-24(3)13-15-26/h6-11,16-17H,4-5,12-15H2,1-3H3,(H,23,27). The van der Waals surface area contributed by atoms with Crippen molar-refractivity contribution in [1.29, 1.82) is 0 Å². The zero-order valence-electron chi connectivity index (χ0n) is 19.1. The van der Waals surface area contributed by atoms with Crippen LogP contribution < -0.4 is 5.32 Å². The number of nitrogens with zero attached hydrogens (tertiary/aromatic N) is 3. The molecule has 0 spiro atoms. The summed E-state index contributed by atoms with van der Waals surface area (Å²) in [5, 5.41) is 2.67. The Morgan fingerprint density at radius 3 is 2.15 bits per heavy atom. The molecule has 0 unspecified atom stereocenters. The molecule has 0 bridgehead atoms. The average Bonchev–Trinajstić information content (AvgIpc) is 2.80. The minimum Gasteiger partial charge on any atom is -0.322 e. The van der Waals surface area contributed by atoms with Crippen molar-refractivity contribution in [3.63, 3.8) is 0 Å². The van der Waals surface area contributed by atoms with Gasteiger partial charge in [0, 0.05) is 50.5 Å². The largest absolute Gasteiger partial charge is 0.322 e. The Morgan fingerprint density at radius 2 is 1.52 bits per heavy atom. The third-order valence-electron chi connectivity index (χ3n) is 5.63. The Balaban J connectivity index is 1.81. The van der Waals surface area contributed by atoms with Gasteiger partial charge in [-0.1, -0.05) is 26.0 Å². The van der Waals surface area contributed by atoms with Crippen LogP contribution in [0.5, 0.6) is 0 Å². The van der Waals surface area contributed by atoms with Crippen molar-refractivity contribution in [3.8, 4) is 0 Å². The quantitative estimate of drug-likeness (QED) is 0.601. The van der Waals surface area contributed by atoms with Gasteiger partial charge in [-0.05, 0) is 43.4 Å². The van der Waals surface area contributed by atoms with E-state index in [1.807, 2.05) is 7.05 Å². The van der Waals surface area contributed by atoms with E-state index >= 15 is 0 Å². The third-order valence-corrected chi connectivity index (χ3v) is 9.57. The Hall–Kier alpha value is -2.31. The first-order chi connectivity index (χ1) is 15.6. The van der Waals surface area contributed by atoms with E-state index in [0.717, 1.165) is 0 Å². The SMILES string of the molecule is CCN(CC)S(=O)(=O)c1cccc(NC(=O)c2cccc(S(=O)(=O)N3CCN(C)CC3)c2)c1. The van der Waals surface area contributed by atoms with Crippen molar-refractivity contribution in [2.75, 3.05) is 51.6 Å². The highest BCUT2D eigenvalue weighted by Crippen LogP contribution is 2.22. The second kappa shape index (κ2) is 10.3. The van der Waals surface area contributed by atoms with E-state index in [0.29, 0.717) is 45.0 Å². The summed E-state index contributed by atoms with van der Waals surface area (Å²) in [5.41, 5.74) is 0.475. The summed E-state index contributed by atoms with van der Waals surface area (Å²) in [6.07, 6.45) is 0. The second-order valence-electron chi connectivity index (χ2n) is 7.81. The summed E-state index contributed by atoms with van der Waals surface area (Å²) < 4.78 is 54.3. The van der Waals surface area contributed by atoms with Crippen LogP contribution in [0.2, 0.25) is 0 Å². The molecule has 180 valence electrons. The van der Waals surface area contributed by atoms with Gasteiger partial charge in [-0.3, -0.25) is 4.79 Å². The fourth-order valence-corrected chi connectivity index (χ4v) is 6.60. The van der Waals surface area contributed by atoms with Crippen molar-refractivity contribution in [1.82, 2.24) is 13.5 Å². The number of hydrogen-bond donors (Lipinski definition) is 1. The van der Waals surface area contributed by atoms with Gasteiger partial charge in [0.1, 0.15) is 0 Å². The molecule has 3 rings (SSSR count). The molecule has 1 aliphatic heterocycles. The normalized spacial score (nSPS) is 16.1. The maximum atomic E-state index is 13.0. The Morgan fingerprint density at radius 1 is 0.909 bits per heavy atom. The molecule has 1 amide bonds. The van der Waals surface area contributed by atoms with Crippen LogP contribution in [-0.4, -0.2) is 82.6 Å². The molecule has 1 saturated heterocycles. The van der Waals surface area contributed by atoms with Crippen molar-refractivity contribution in [2.24, 2.45) is 0 Å². The van der Waals surface area contributed by atoms with Crippen LogP contribution in [0, 0.1) is 0 Å². The number of anilines is 1. The van der Waals surface area contributed by atoms with Crippen molar-refractivity contribution in [3.05, 3.63) is 54.1 Å².